The highest BCUT2D eigenvalue weighted by Crippen LogP contribution is 2.37. The monoisotopic (exact) mass is 522 g/mol. The average molecular weight is 523 g/mol. The molecule has 2 aromatic carbocycles. The molecule has 0 fully saturated rings. The van der Waals surface area contributed by atoms with Gasteiger partial charge >= 0.3 is 17.8 Å². The molecule has 1 heterocycles. The van der Waals surface area contributed by atoms with Gasteiger partial charge in [0.1, 0.15) is 0 Å². The van der Waals surface area contributed by atoms with Crippen molar-refractivity contribution in [3.05, 3.63) is 62.1 Å². The summed E-state index contributed by atoms with van der Waals surface area (Å²) in [5, 5.41) is 13.8. The molecular weight excluding hydrogens is 512 g/mol. The molecular formula is C18H11Cl2F3N4O5S. The van der Waals surface area contributed by atoms with Crippen LogP contribution in [-0.4, -0.2) is 40.7 Å². The predicted octanol–water partition coefficient (Wildman–Crippen LogP) is 4.78. The maximum Gasteiger partial charge on any atom is 0.442 e. The number of ether oxygens (including phenoxy) is 1. The van der Waals surface area contributed by atoms with Crippen LogP contribution in [0.4, 0.5) is 24.0 Å². The molecule has 174 valence electrons. The van der Waals surface area contributed by atoms with Crippen LogP contribution in [0, 0.1) is 10.1 Å². The van der Waals surface area contributed by atoms with Gasteiger partial charge in [-0.05, 0) is 24.3 Å². The summed E-state index contributed by atoms with van der Waals surface area (Å²) in [6.07, 6.45) is -5.42. The number of nitro benzene ring substituents is 1. The van der Waals surface area contributed by atoms with Gasteiger partial charge in [-0.25, -0.2) is 9.78 Å². The van der Waals surface area contributed by atoms with Crippen LogP contribution in [-0.2, 0) is 9.53 Å². The van der Waals surface area contributed by atoms with Gasteiger partial charge in [0.25, 0.3) is 11.6 Å². The fraction of sp³-hybridized carbons (Fsp3) is 0.167. The lowest BCUT2D eigenvalue weighted by atomic mass is 10.1. The molecule has 0 aliphatic heterocycles. The highest BCUT2D eigenvalue weighted by atomic mass is 35.5. The molecule has 1 atom stereocenters. The van der Waals surface area contributed by atoms with Gasteiger partial charge < -0.3 is 15.4 Å². The fourth-order valence-corrected chi connectivity index (χ4v) is 4.14. The molecule has 0 unspecified atom stereocenters. The summed E-state index contributed by atoms with van der Waals surface area (Å²) in [6, 6.07) is 6.90. The molecule has 0 saturated heterocycles. The van der Waals surface area contributed by atoms with Crippen LogP contribution in [0.2, 0.25) is 10.0 Å². The van der Waals surface area contributed by atoms with Crippen LogP contribution in [0.5, 0.6) is 0 Å². The number of amides is 1. The zero-order valence-electron chi connectivity index (χ0n) is 16.2. The number of fused-ring (bicyclic) bond motifs is 1. The number of anilines is 1. The van der Waals surface area contributed by atoms with E-state index in [4.69, 9.17) is 23.2 Å². The quantitative estimate of drug-likeness (QED) is 0.206. The molecule has 0 aliphatic carbocycles. The predicted molar refractivity (Wildman–Crippen MR) is 115 cm³/mol. The second-order valence-corrected chi connectivity index (χ2v) is 8.25. The highest BCUT2D eigenvalue weighted by Gasteiger charge is 2.64. The van der Waals surface area contributed by atoms with Gasteiger partial charge in [0.15, 0.2) is 5.13 Å². The van der Waals surface area contributed by atoms with E-state index in [1.54, 1.807) is 5.32 Å². The third-order valence-electron chi connectivity index (χ3n) is 4.27. The van der Waals surface area contributed by atoms with Crippen LogP contribution >= 0.6 is 34.5 Å². The Morgan fingerprint density at radius 3 is 2.45 bits per heavy atom. The molecule has 0 radical (unpaired) electrons. The van der Waals surface area contributed by atoms with Crippen molar-refractivity contribution in [1.29, 1.82) is 0 Å². The van der Waals surface area contributed by atoms with Crippen molar-refractivity contribution in [3.8, 4) is 0 Å². The van der Waals surface area contributed by atoms with Crippen molar-refractivity contribution in [2.75, 3.05) is 12.4 Å². The molecule has 33 heavy (non-hydrogen) atoms. The number of methoxy groups -OCH3 is 1. The molecule has 3 rings (SSSR count). The number of nitro groups is 1. The first-order valence-corrected chi connectivity index (χ1v) is 10.2. The number of halogens is 5. The smallest absolute Gasteiger partial charge is 0.442 e. The molecule has 0 spiro atoms. The van der Waals surface area contributed by atoms with Crippen LogP contribution < -0.4 is 10.6 Å². The molecule has 0 saturated carbocycles. The third-order valence-corrected chi connectivity index (χ3v) is 5.75. The maximum atomic E-state index is 14.2. The Morgan fingerprint density at radius 1 is 1.18 bits per heavy atom. The summed E-state index contributed by atoms with van der Waals surface area (Å²) in [4.78, 5) is 39.2. The SMILES string of the molecule is COC(=O)[C@@](NC(=O)c1ccc(Cl)cc1Cl)(Nc1nc2ccc([N+](=O)[O-])cc2s1)C(F)(F)F. The summed E-state index contributed by atoms with van der Waals surface area (Å²) < 4.78 is 47.1. The third kappa shape index (κ3) is 4.79. The molecule has 15 heteroatoms. The van der Waals surface area contributed by atoms with Crippen molar-refractivity contribution < 1.29 is 32.4 Å². The Labute approximate surface area is 196 Å². The summed E-state index contributed by atoms with van der Waals surface area (Å²) >= 11 is 12.3. The topological polar surface area (TPSA) is 123 Å². The van der Waals surface area contributed by atoms with Crippen molar-refractivity contribution in [1.82, 2.24) is 10.3 Å². The van der Waals surface area contributed by atoms with E-state index in [9.17, 15) is 32.9 Å². The number of alkyl halides is 3. The summed E-state index contributed by atoms with van der Waals surface area (Å²) in [5.41, 5.74) is -4.33. The van der Waals surface area contributed by atoms with E-state index in [2.05, 4.69) is 9.72 Å². The summed E-state index contributed by atoms with van der Waals surface area (Å²) in [6.45, 7) is 0. The number of aromatic nitrogens is 1. The first kappa shape index (κ1) is 24.5. The van der Waals surface area contributed by atoms with E-state index in [1.165, 1.54) is 12.1 Å². The molecule has 2 N–H and O–H groups in total. The number of nitrogens with one attached hydrogen (secondary N) is 2. The second kappa shape index (κ2) is 9.00. The minimum absolute atomic E-state index is 0.126. The lowest BCUT2D eigenvalue weighted by Gasteiger charge is -2.34. The lowest BCUT2D eigenvalue weighted by molar-refractivity contribution is -0.384. The fourth-order valence-electron chi connectivity index (χ4n) is 2.70. The van der Waals surface area contributed by atoms with Gasteiger partial charge in [-0.1, -0.05) is 34.5 Å². The first-order valence-electron chi connectivity index (χ1n) is 8.64. The zero-order valence-corrected chi connectivity index (χ0v) is 18.5. The Balaban J connectivity index is 2.07. The normalized spacial score (nSPS) is 13.3. The van der Waals surface area contributed by atoms with Gasteiger partial charge in [-0.15, -0.1) is 0 Å². The molecule has 0 bridgehead atoms. The lowest BCUT2D eigenvalue weighted by Crippen LogP contribution is -2.69. The number of nitrogens with zero attached hydrogens (tertiary/aromatic N) is 2. The number of esters is 1. The van der Waals surface area contributed by atoms with E-state index in [0.717, 1.165) is 24.3 Å². The molecule has 3 aromatic rings. The van der Waals surface area contributed by atoms with E-state index in [1.807, 2.05) is 5.32 Å². The highest BCUT2D eigenvalue weighted by molar-refractivity contribution is 7.22. The Bertz CT molecular complexity index is 1270. The van der Waals surface area contributed by atoms with Crippen LogP contribution in [0.15, 0.2) is 36.4 Å². The van der Waals surface area contributed by atoms with Crippen molar-refractivity contribution in [2.45, 2.75) is 11.8 Å². The van der Waals surface area contributed by atoms with Crippen LogP contribution in [0.1, 0.15) is 10.4 Å². The molecule has 1 amide bonds. The number of carbonyl (C=O) groups excluding carboxylic acids is 2. The minimum atomic E-state index is -5.42. The van der Waals surface area contributed by atoms with Gasteiger partial charge in [0, 0.05) is 17.2 Å². The molecule has 9 nitrogen and oxygen atoms in total. The number of benzene rings is 2. The van der Waals surface area contributed by atoms with E-state index in [-0.39, 0.29) is 31.5 Å². The summed E-state index contributed by atoms with van der Waals surface area (Å²) in [7, 11) is 0.702. The first-order chi connectivity index (χ1) is 15.4. The largest absolute Gasteiger partial charge is 0.466 e. The Morgan fingerprint density at radius 2 is 1.88 bits per heavy atom. The molecule has 1 aromatic heterocycles. The van der Waals surface area contributed by atoms with Gasteiger partial charge in [-0.3, -0.25) is 14.9 Å². The average Bonchev–Trinajstić information content (AvgIpc) is 3.12. The van der Waals surface area contributed by atoms with E-state index < -0.39 is 33.8 Å². The van der Waals surface area contributed by atoms with Gasteiger partial charge in [0.05, 0.1) is 32.8 Å². The standard InChI is InChI=1S/C18H11Cl2F3N4O5S/c1-32-15(29)17(18(21,22)23,25-14(28)10-4-2-8(19)6-11(10)20)26-16-24-12-5-3-9(27(30)31)7-13(12)33-16/h2-7H,1H3,(H,24,26)(H,25,28)/t17-/m1/s1. The minimum Gasteiger partial charge on any atom is -0.466 e. The van der Waals surface area contributed by atoms with Gasteiger partial charge in [-0.2, -0.15) is 13.2 Å². The van der Waals surface area contributed by atoms with Crippen molar-refractivity contribution in [2.24, 2.45) is 0 Å². The Kier molecular flexibility index (Phi) is 6.68. The van der Waals surface area contributed by atoms with Gasteiger partial charge in [0.2, 0.25) is 0 Å². The number of hydrogen-bond acceptors (Lipinski definition) is 8. The van der Waals surface area contributed by atoms with Crippen LogP contribution in [0.25, 0.3) is 10.2 Å². The molecule has 0 aliphatic rings. The van der Waals surface area contributed by atoms with E-state index >= 15 is 0 Å². The second-order valence-electron chi connectivity index (χ2n) is 6.37. The maximum absolute atomic E-state index is 14.2. The number of rotatable bonds is 6. The van der Waals surface area contributed by atoms with Crippen molar-refractivity contribution in [3.63, 3.8) is 0 Å². The van der Waals surface area contributed by atoms with Crippen LogP contribution in [0.3, 0.4) is 0 Å². The number of carbonyl (C=O) groups is 2. The van der Waals surface area contributed by atoms with E-state index in [0.29, 0.717) is 18.4 Å². The Hall–Kier alpha value is -3.16. The number of hydrogen-bond donors (Lipinski definition) is 2. The van der Waals surface area contributed by atoms with Crippen molar-refractivity contribution >= 4 is 67.5 Å². The zero-order chi connectivity index (χ0) is 24.6. The number of thiazole rings is 1. The summed E-state index contributed by atoms with van der Waals surface area (Å²) in [5.74, 6) is -3.25. The number of non-ortho nitro benzene ring substituents is 1.